The van der Waals surface area contributed by atoms with Gasteiger partial charge in [0.2, 0.25) is 11.8 Å². The molecule has 314 valence electrons. The second kappa shape index (κ2) is 26.0. The molecule has 2 N–H and O–H groups in total. The average molecular weight is 793 g/mol. The highest BCUT2D eigenvalue weighted by molar-refractivity contribution is 7.94. The SMILES string of the molecule is C.C=O.CC.CC.CN(Cc1c(C=O)cccc1OC1CCN(CC2CCN(SN3CCC(NC(=O)OC(C)(C)C)CC3)CC2)CC1)C1CCC(=O)NC1=O. The van der Waals surface area contributed by atoms with Gasteiger partial charge in [0.05, 0.1) is 6.04 Å². The summed E-state index contributed by atoms with van der Waals surface area (Å²) in [7, 11) is 1.85. The number of likely N-dealkylation sites (N-methyl/N-ethyl adjacent to an activating group) is 1. The summed E-state index contributed by atoms with van der Waals surface area (Å²) in [6.45, 7) is 23.2. The molecule has 4 saturated heterocycles. The minimum absolute atomic E-state index is 0. The van der Waals surface area contributed by atoms with E-state index in [-0.39, 0.29) is 37.5 Å². The van der Waals surface area contributed by atoms with Crippen LogP contribution in [0.3, 0.4) is 0 Å². The molecule has 1 unspecified atom stereocenters. The first-order chi connectivity index (χ1) is 26.0. The maximum Gasteiger partial charge on any atom is 0.407 e. The Kier molecular flexibility index (Phi) is 23.6. The van der Waals surface area contributed by atoms with Crippen molar-refractivity contribution in [3.05, 3.63) is 29.3 Å². The zero-order valence-electron chi connectivity index (χ0n) is 34.2. The quantitative estimate of drug-likeness (QED) is 0.147. The lowest BCUT2D eigenvalue weighted by Gasteiger charge is -2.39. The van der Waals surface area contributed by atoms with E-state index in [1.165, 1.54) is 12.8 Å². The molecule has 4 aliphatic rings. The molecule has 13 nitrogen and oxygen atoms in total. The Hall–Kier alpha value is -3.04. The Morgan fingerprint density at radius 2 is 1.53 bits per heavy atom. The smallest absolute Gasteiger partial charge is 0.407 e. The first-order valence-corrected chi connectivity index (χ1v) is 20.6. The summed E-state index contributed by atoms with van der Waals surface area (Å²) in [5, 5.41) is 5.45. The third-order valence-corrected chi connectivity index (χ3v) is 11.0. The molecule has 0 bridgehead atoms. The lowest BCUT2D eigenvalue weighted by Crippen LogP contribution is -2.51. The molecule has 0 aromatic heterocycles. The van der Waals surface area contributed by atoms with Crippen molar-refractivity contribution in [2.75, 3.05) is 52.9 Å². The van der Waals surface area contributed by atoms with Crippen LogP contribution in [0.2, 0.25) is 0 Å². The van der Waals surface area contributed by atoms with Gasteiger partial charge in [0.1, 0.15) is 24.2 Å². The van der Waals surface area contributed by atoms with Gasteiger partial charge in [-0.3, -0.25) is 24.6 Å². The molecule has 0 saturated carbocycles. The monoisotopic (exact) mass is 793 g/mol. The molecule has 5 rings (SSSR count). The van der Waals surface area contributed by atoms with Gasteiger partial charge in [-0.15, -0.1) is 0 Å². The highest BCUT2D eigenvalue weighted by atomic mass is 32.2. The fraction of sp³-hybridized carbons (Fsp3) is 0.732. The highest BCUT2D eigenvalue weighted by Gasteiger charge is 2.32. The van der Waals surface area contributed by atoms with Crippen molar-refractivity contribution in [3.8, 4) is 5.75 Å². The molecule has 14 heteroatoms. The summed E-state index contributed by atoms with van der Waals surface area (Å²) in [5.74, 6) is 0.868. The molecule has 1 aromatic rings. The van der Waals surface area contributed by atoms with Crippen LogP contribution in [0.15, 0.2) is 18.2 Å². The van der Waals surface area contributed by atoms with Gasteiger partial charge in [-0.05, 0) is 84.7 Å². The Morgan fingerprint density at radius 1 is 0.945 bits per heavy atom. The van der Waals surface area contributed by atoms with Crippen LogP contribution in [-0.2, 0) is 25.7 Å². The van der Waals surface area contributed by atoms with Gasteiger partial charge in [0.15, 0.2) is 6.29 Å². The van der Waals surface area contributed by atoms with Crippen LogP contribution in [0.4, 0.5) is 4.79 Å². The third kappa shape index (κ3) is 16.9. The third-order valence-electron chi connectivity index (χ3n) is 9.77. The van der Waals surface area contributed by atoms with Gasteiger partial charge in [-0.2, -0.15) is 0 Å². The number of nitrogens with one attached hydrogen (secondary N) is 2. The number of carbonyl (C=O) groups is 5. The van der Waals surface area contributed by atoms with E-state index in [0.29, 0.717) is 36.6 Å². The molecule has 0 radical (unpaired) electrons. The number of likely N-dealkylation sites (tertiary alicyclic amines) is 1. The van der Waals surface area contributed by atoms with Gasteiger partial charge in [0, 0.05) is 88.1 Å². The van der Waals surface area contributed by atoms with Crippen molar-refractivity contribution in [3.63, 3.8) is 0 Å². The number of hydrogen-bond donors (Lipinski definition) is 2. The predicted molar refractivity (Wildman–Crippen MR) is 222 cm³/mol. The molecule has 1 atom stereocenters. The first kappa shape index (κ1) is 50.0. The summed E-state index contributed by atoms with van der Waals surface area (Å²) in [5.41, 5.74) is 0.871. The summed E-state index contributed by atoms with van der Waals surface area (Å²) >= 11 is 1.87. The van der Waals surface area contributed by atoms with Gasteiger partial charge >= 0.3 is 6.09 Å². The molecule has 4 fully saturated rings. The van der Waals surface area contributed by atoms with Crippen molar-refractivity contribution in [1.29, 1.82) is 0 Å². The Morgan fingerprint density at radius 3 is 2.07 bits per heavy atom. The van der Waals surface area contributed by atoms with E-state index >= 15 is 0 Å². The van der Waals surface area contributed by atoms with Crippen LogP contribution in [0.25, 0.3) is 0 Å². The van der Waals surface area contributed by atoms with E-state index in [1.807, 2.05) is 91.5 Å². The van der Waals surface area contributed by atoms with Gasteiger partial charge < -0.3 is 24.5 Å². The molecule has 1 aromatic carbocycles. The molecular formula is C41H72N6O7S. The predicted octanol–water partition coefficient (Wildman–Crippen LogP) is 6.35. The van der Waals surface area contributed by atoms with Gasteiger partial charge in [-0.25, -0.2) is 13.4 Å². The minimum atomic E-state index is -0.478. The summed E-state index contributed by atoms with van der Waals surface area (Å²) in [6.07, 6.45) is 7.51. The van der Waals surface area contributed by atoms with Crippen LogP contribution >= 0.6 is 12.1 Å². The molecule has 55 heavy (non-hydrogen) atoms. The Labute approximate surface area is 336 Å². The fourth-order valence-corrected chi connectivity index (χ4v) is 8.16. The zero-order chi connectivity index (χ0) is 40.3. The number of piperidine rings is 4. The van der Waals surface area contributed by atoms with E-state index in [9.17, 15) is 19.2 Å². The standard InChI is InChI=1S/C35H54N6O6S.2C2H6.CH2O.CH4/c1-35(2,3)47-34(45)36-27-12-20-41(21-13-27)48-40-18-10-25(11-19-40)22-39-16-14-28(15-17-39)46-31-7-5-6-26(24-42)29(31)23-38(4)30-8-9-32(43)37-33(30)44;3*1-2;/h5-7,24-25,27-28,30H,8-23H2,1-4H3,(H,36,45)(H,37,43,44);2*1-2H3;1H2;1H4. The second-order valence-electron chi connectivity index (χ2n) is 14.7. The molecule has 0 aliphatic carbocycles. The van der Waals surface area contributed by atoms with Gasteiger partial charge in [0.25, 0.3) is 0 Å². The number of carbonyl (C=O) groups excluding carboxylic acids is 5. The zero-order valence-corrected chi connectivity index (χ0v) is 35.0. The molecular weight excluding hydrogens is 721 g/mol. The van der Waals surface area contributed by atoms with E-state index in [4.69, 9.17) is 14.3 Å². The molecule has 0 spiro atoms. The number of amides is 3. The lowest BCUT2D eigenvalue weighted by molar-refractivity contribution is -0.137. The largest absolute Gasteiger partial charge is 0.490 e. The normalized spacial score (nSPS) is 20.6. The van der Waals surface area contributed by atoms with Crippen molar-refractivity contribution in [1.82, 2.24) is 29.0 Å². The molecule has 4 heterocycles. The summed E-state index contributed by atoms with van der Waals surface area (Å²) < 4.78 is 16.9. The van der Waals surface area contributed by atoms with Crippen LogP contribution in [0, 0.1) is 5.92 Å². The van der Waals surface area contributed by atoms with E-state index in [1.54, 1.807) is 6.07 Å². The Balaban J connectivity index is 0.00000206. The number of rotatable bonds is 11. The van der Waals surface area contributed by atoms with Crippen molar-refractivity contribution >= 4 is 43.1 Å². The second-order valence-corrected chi connectivity index (χ2v) is 15.9. The van der Waals surface area contributed by atoms with Crippen molar-refractivity contribution in [2.45, 2.75) is 138 Å². The number of nitrogens with zero attached hydrogens (tertiary/aromatic N) is 4. The minimum Gasteiger partial charge on any atom is -0.490 e. The maximum absolute atomic E-state index is 12.4. The van der Waals surface area contributed by atoms with E-state index in [2.05, 4.69) is 24.1 Å². The molecule has 4 aliphatic heterocycles. The Bertz CT molecular complexity index is 1290. The van der Waals surface area contributed by atoms with Crippen LogP contribution < -0.4 is 15.4 Å². The first-order valence-electron chi connectivity index (χ1n) is 19.9. The van der Waals surface area contributed by atoms with Crippen molar-refractivity contribution in [2.24, 2.45) is 5.92 Å². The highest BCUT2D eigenvalue weighted by Crippen LogP contribution is 2.31. The summed E-state index contributed by atoms with van der Waals surface area (Å²) in [6, 6.07) is 5.31. The van der Waals surface area contributed by atoms with E-state index in [0.717, 1.165) is 83.3 Å². The van der Waals surface area contributed by atoms with Crippen LogP contribution in [0.1, 0.15) is 123 Å². The summed E-state index contributed by atoms with van der Waals surface area (Å²) in [4.78, 5) is 60.6. The number of benzene rings is 1. The maximum atomic E-state index is 12.4. The number of alkyl carbamates (subject to hydrolysis) is 1. The number of hydrogen-bond acceptors (Lipinski definition) is 12. The number of ether oxygens (including phenoxy) is 2. The van der Waals surface area contributed by atoms with Gasteiger partial charge in [-0.1, -0.05) is 47.3 Å². The van der Waals surface area contributed by atoms with E-state index < -0.39 is 11.6 Å². The fourth-order valence-electron chi connectivity index (χ4n) is 7.08. The average Bonchev–Trinajstić information content (AvgIpc) is 3.16. The lowest BCUT2D eigenvalue weighted by atomic mass is 9.96. The molecule has 3 amide bonds. The van der Waals surface area contributed by atoms with Crippen LogP contribution in [-0.4, -0.2) is 126 Å². The number of aldehydes is 1. The number of imide groups is 1. The topological polar surface area (TPSA) is 141 Å². The van der Waals surface area contributed by atoms with Crippen molar-refractivity contribution < 1.29 is 33.4 Å². The van der Waals surface area contributed by atoms with Crippen LogP contribution in [0.5, 0.6) is 5.75 Å².